The standard InChI is InChI=1S/C47H61N7O7/c1-9-53-39-15-14-30-22-35(39)36(42(53)34-12-10-16-49-40(34)28(4)60-8)23-47(5,6)26-61-46(59)37-13-11-17-54(51-37)45(58)38(20-29-18-31(30)21-33(55)19-29)50-43(56)41(27(2)3)52(7)44(57)32-24-48-25-32/h10,12,14-16,18-19,21-22,27-28,32,37-38,41,48,51,55H,9,11,13,17,20,23-26H2,1-8H3,(H,50,56)/t28-,37-,38-,41?/m0/s1. The number of cyclic esters (lactones) is 1. The SMILES string of the molecule is CCn1c(-c2cccnc2[C@H](C)OC)c2c3cc(ccc31)-c1cc(O)cc(c1)C[C@H](NC(=O)C(C(C)C)N(C)C(=O)C1CNC1)C(=O)N1CCC[C@H](N1)C(=O)OCC(C)(C)C2. The quantitative estimate of drug-likeness (QED) is 0.166. The van der Waals surface area contributed by atoms with E-state index in [0.717, 1.165) is 44.5 Å². The molecule has 1 unspecified atom stereocenters. The molecule has 326 valence electrons. The zero-order chi connectivity index (χ0) is 43.7. The fraction of sp³-hybridized carbons (Fsp3) is 0.511. The zero-order valence-corrected chi connectivity index (χ0v) is 36.7. The van der Waals surface area contributed by atoms with Gasteiger partial charge in [-0.2, -0.15) is 0 Å². The van der Waals surface area contributed by atoms with Crippen molar-refractivity contribution < 1.29 is 33.8 Å². The van der Waals surface area contributed by atoms with Crippen molar-refractivity contribution >= 4 is 34.6 Å². The van der Waals surface area contributed by atoms with Gasteiger partial charge >= 0.3 is 5.97 Å². The zero-order valence-electron chi connectivity index (χ0n) is 36.7. The Morgan fingerprint density at radius 2 is 1.87 bits per heavy atom. The number of fused-ring (bicyclic) bond motifs is 6. The number of esters is 1. The molecule has 7 rings (SSSR count). The van der Waals surface area contributed by atoms with Crippen molar-refractivity contribution in [2.45, 2.75) is 98.0 Å². The molecule has 14 heteroatoms. The molecule has 61 heavy (non-hydrogen) atoms. The normalized spacial score (nSPS) is 20.7. The van der Waals surface area contributed by atoms with Crippen molar-refractivity contribution in [2.75, 3.05) is 40.4 Å². The number of ether oxygens (including phenoxy) is 2. The summed E-state index contributed by atoms with van der Waals surface area (Å²) in [5, 5.41) is 19.8. The molecule has 3 aliphatic rings. The van der Waals surface area contributed by atoms with Crippen LogP contribution in [0.3, 0.4) is 0 Å². The number of benzene rings is 2. The van der Waals surface area contributed by atoms with Gasteiger partial charge in [0.1, 0.15) is 23.9 Å². The lowest BCUT2D eigenvalue weighted by atomic mass is 9.84. The Balaban J connectivity index is 1.35. The minimum absolute atomic E-state index is 0.0136. The second-order valence-electron chi connectivity index (χ2n) is 18.0. The Morgan fingerprint density at radius 1 is 1.10 bits per heavy atom. The van der Waals surface area contributed by atoms with Gasteiger partial charge in [0.2, 0.25) is 11.8 Å². The van der Waals surface area contributed by atoms with Crippen molar-refractivity contribution in [3.8, 4) is 28.1 Å². The Kier molecular flexibility index (Phi) is 12.9. The highest BCUT2D eigenvalue weighted by atomic mass is 16.5. The molecule has 14 nitrogen and oxygen atoms in total. The molecule has 0 spiro atoms. The molecule has 3 aliphatic heterocycles. The van der Waals surface area contributed by atoms with Crippen LogP contribution in [-0.2, 0) is 48.0 Å². The molecule has 4 N–H and O–H groups in total. The molecule has 6 bridgehead atoms. The fourth-order valence-corrected chi connectivity index (χ4v) is 9.14. The monoisotopic (exact) mass is 835 g/mol. The van der Waals surface area contributed by atoms with Gasteiger partial charge in [-0.15, -0.1) is 0 Å². The van der Waals surface area contributed by atoms with E-state index in [1.54, 1.807) is 32.5 Å². The van der Waals surface area contributed by atoms with Crippen molar-refractivity contribution in [3.63, 3.8) is 0 Å². The molecule has 3 amide bonds. The summed E-state index contributed by atoms with van der Waals surface area (Å²) < 4.78 is 14.2. The number of hydrazine groups is 1. The lowest BCUT2D eigenvalue weighted by Gasteiger charge is -2.38. The van der Waals surface area contributed by atoms with Crippen LogP contribution in [0.2, 0.25) is 0 Å². The van der Waals surface area contributed by atoms with Crippen LogP contribution in [0.4, 0.5) is 0 Å². The highest BCUT2D eigenvalue weighted by molar-refractivity contribution is 5.96. The van der Waals surface area contributed by atoms with E-state index in [2.05, 4.69) is 59.6 Å². The number of amides is 3. The van der Waals surface area contributed by atoms with Gasteiger partial charge in [-0.05, 0) is 97.7 Å². The predicted octanol–water partition coefficient (Wildman–Crippen LogP) is 5.15. The van der Waals surface area contributed by atoms with Gasteiger partial charge in [0.25, 0.3) is 5.91 Å². The third-order valence-corrected chi connectivity index (χ3v) is 12.5. The molecule has 0 aliphatic carbocycles. The summed E-state index contributed by atoms with van der Waals surface area (Å²) in [6, 6.07) is 12.8. The highest BCUT2D eigenvalue weighted by Gasteiger charge is 2.39. The Hall–Kier alpha value is -5.31. The third kappa shape index (κ3) is 9.03. The number of nitrogens with zero attached hydrogens (tertiary/aromatic N) is 4. The van der Waals surface area contributed by atoms with E-state index in [-0.39, 0.29) is 42.6 Å². The first-order chi connectivity index (χ1) is 29.1. The molecule has 5 heterocycles. The second-order valence-corrected chi connectivity index (χ2v) is 18.0. The smallest absolute Gasteiger partial charge is 0.324 e. The molecule has 2 aromatic carbocycles. The van der Waals surface area contributed by atoms with Gasteiger partial charge in [0, 0.05) is 74.8 Å². The summed E-state index contributed by atoms with van der Waals surface area (Å²) in [7, 11) is 3.31. The number of nitrogens with one attached hydrogen (secondary N) is 3. The summed E-state index contributed by atoms with van der Waals surface area (Å²) in [6.45, 7) is 14.2. The maximum atomic E-state index is 14.6. The van der Waals surface area contributed by atoms with E-state index in [4.69, 9.17) is 14.5 Å². The highest BCUT2D eigenvalue weighted by Crippen LogP contribution is 2.42. The first kappa shape index (κ1) is 43.8. The van der Waals surface area contributed by atoms with Crippen molar-refractivity contribution in [1.29, 1.82) is 0 Å². The number of phenolic OH excluding ortho intramolecular Hbond substituents is 1. The molecule has 0 saturated carbocycles. The van der Waals surface area contributed by atoms with E-state index in [1.807, 2.05) is 39.0 Å². The maximum absolute atomic E-state index is 14.6. The lowest BCUT2D eigenvalue weighted by Crippen LogP contribution is -2.62. The van der Waals surface area contributed by atoms with Crippen LogP contribution >= 0.6 is 0 Å². The summed E-state index contributed by atoms with van der Waals surface area (Å²) in [4.78, 5) is 62.3. The second kappa shape index (κ2) is 18.0. The minimum atomic E-state index is -1.10. The number of aromatic nitrogens is 2. The number of methoxy groups -OCH3 is 1. The molecular weight excluding hydrogens is 775 g/mol. The maximum Gasteiger partial charge on any atom is 0.324 e. The summed E-state index contributed by atoms with van der Waals surface area (Å²) in [5.74, 6) is -1.94. The number of carbonyl (C=O) groups is 4. The van der Waals surface area contributed by atoms with Crippen LogP contribution in [0.1, 0.15) is 77.3 Å². The molecule has 2 fully saturated rings. The number of hydrogen-bond acceptors (Lipinski definition) is 10. The lowest BCUT2D eigenvalue weighted by molar-refractivity contribution is -0.155. The fourth-order valence-electron chi connectivity index (χ4n) is 9.14. The summed E-state index contributed by atoms with van der Waals surface area (Å²) in [5.41, 5.74) is 9.71. The average Bonchev–Trinajstić information content (AvgIpc) is 3.52. The Bertz CT molecular complexity index is 2300. The first-order valence-electron chi connectivity index (χ1n) is 21.6. The molecule has 2 saturated heterocycles. The number of carbonyl (C=O) groups excluding carboxylic acids is 4. The first-order valence-corrected chi connectivity index (χ1v) is 21.6. The third-order valence-electron chi connectivity index (χ3n) is 12.5. The van der Waals surface area contributed by atoms with Gasteiger partial charge in [-0.3, -0.25) is 29.2 Å². The number of aryl methyl sites for hydroxylation is 1. The Morgan fingerprint density at radius 3 is 2.56 bits per heavy atom. The molecule has 0 radical (unpaired) electrons. The summed E-state index contributed by atoms with van der Waals surface area (Å²) >= 11 is 0. The van der Waals surface area contributed by atoms with Crippen molar-refractivity contribution in [3.05, 3.63) is 71.5 Å². The van der Waals surface area contributed by atoms with Gasteiger partial charge < -0.3 is 34.7 Å². The molecule has 4 atom stereocenters. The van der Waals surface area contributed by atoms with E-state index in [9.17, 15) is 24.3 Å². The number of likely N-dealkylation sites (N-methyl/N-ethyl adjacent to an activating group) is 1. The molecular formula is C47H61N7O7. The topological polar surface area (TPSA) is 167 Å². The van der Waals surface area contributed by atoms with Gasteiger partial charge in [-0.25, -0.2) is 5.43 Å². The predicted molar refractivity (Wildman–Crippen MR) is 233 cm³/mol. The number of pyridine rings is 1. The van der Waals surface area contributed by atoms with E-state index < -0.39 is 41.3 Å². The van der Waals surface area contributed by atoms with Crippen LogP contribution in [-0.4, -0.2) is 107 Å². The van der Waals surface area contributed by atoms with Crippen LogP contribution < -0.4 is 16.1 Å². The summed E-state index contributed by atoms with van der Waals surface area (Å²) in [6.07, 6.45) is 3.11. The number of rotatable bonds is 9. The van der Waals surface area contributed by atoms with E-state index in [0.29, 0.717) is 51.0 Å². The number of phenols is 1. The van der Waals surface area contributed by atoms with Gasteiger partial charge in [0.05, 0.1) is 30.0 Å². The minimum Gasteiger partial charge on any atom is -0.508 e. The number of aromatic hydroxyl groups is 1. The van der Waals surface area contributed by atoms with Gasteiger partial charge in [-0.1, -0.05) is 39.8 Å². The van der Waals surface area contributed by atoms with Crippen LogP contribution in [0.25, 0.3) is 33.3 Å². The van der Waals surface area contributed by atoms with Crippen LogP contribution in [0, 0.1) is 17.3 Å². The van der Waals surface area contributed by atoms with Crippen molar-refractivity contribution in [1.82, 2.24) is 35.5 Å². The number of hydrogen-bond donors (Lipinski definition) is 4. The molecule has 4 aromatic rings. The largest absolute Gasteiger partial charge is 0.508 e. The van der Waals surface area contributed by atoms with E-state index >= 15 is 0 Å². The Labute approximate surface area is 358 Å². The molecule has 2 aromatic heterocycles. The average molecular weight is 836 g/mol. The van der Waals surface area contributed by atoms with E-state index in [1.165, 1.54) is 9.91 Å². The van der Waals surface area contributed by atoms with Gasteiger partial charge in [0.15, 0.2) is 0 Å². The van der Waals surface area contributed by atoms with Crippen LogP contribution in [0.5, 0.6) is 5.75 Å². The van der Waals surface area contributed by atoms with Crippen molar-refractivity contribution in [2.24, 2.45) is 17.3 Å². The van der Waals surface area contributed by atoms with Crippen LogP contribution in [0.15, 0.2) is 54.7 Å².